The molecule has 0 spiro atoms. The van der Waals surface area contributed by atoms with Crippen LogP contribution in [0.1, 0.15) is 25.0 Å². The summed E-state index contributed by atoms with van der Waals surface area (Å²) in [5, 5.41) is 17.0. The average Bonchev–Trinajstić information content (AvgIpc) is 2.70. The lowest BCUT2D eigenvalue weighted by atomic mass is 10.0. The zero-order valence-electron chi connectivity index (χ0n) is 16.9. The number of hydrogen-bond donors (Lipinski definition) is 2. The molecular formula is C18H26N5O5+. The number of oxime groups is 3. The fraction of sp³-hybridized carbons (Fsp3) is 0.389. The molecule has 152 valence electrons. The van der Waals surface area contributed by atoms with Crippen LogP contribution in [-0.4, -0.2) is 57.1 Å². The Labute approximate surface area is 163 Å². The standard InChI is InChI=1S/C18H25N5O5/c1-12(20-25-4)16(22-26-5)13(2)21-28-11-14-9-7-8-10-15(14)17(23-27-6)18(24)19-3/h7-10H,11H2,1-6H3,(H,19,24)/p+1/b20-12+,21-13?,22-16+,23-17+. The second-order valence-electron chi connectivity index (χ2n) is 5.35. The van der Waals surface area contributed by atoms with Gasteiger partial charge in [-0.2, -0.15) is 0 Å². The van der Waals surface area contributed by atoms with Crippen molar-refractivity contribution in [1.82, 2.24) is 5.32 Å². The molecule has 0 aromatic heterocycles. The highest BCUT2D eigenvalue weighted by atomic mass is 16.6. The summed E-state index contributed by atoms with van der Waals surface area (Å²) in [6, 6.07) is 7.18. The highest BCUT2D eigenvalue weighted by Gasteiger charge is 2.19. The fourth-order valence-electron chi connectivity index (χ4n) is 2.24. The second kappa shape index (κ2) is 12.0. The predicted octanol–water partition coefficient (Wildman–Crippen LogP) is -0.219. The summed E-state index contributed by atoms with van der Waals surface area (Å²) in [6.07, 6.45) is 0. The Morgan fingerprint density at radius 3 is 2.29 bits per heavy atom. The maximum Gasteiger partial charge on any atom is 0.296 e. The van der Waals surface area contributed by atoms with Crippen molar-refractivity contribution in [1.29, 1.82) is 0 Å². The van der Waals surface area contributed by atoms with Crippen molar-refractivity contribution in [2.45, 2.75) is 20.5 Å². The number of nitrogens with zero attached hydrogens (tertiary/aromatic N) is 3. The zero-order valence-corrected chi connectivity index (χ0v) is 16.9. The van der Waals surface area contributed by atoms with Crippen LogP contribution < -0.4 is 10.5 Å². The molecule has 0 bridgehead atoms. The van der Waals surface area contributed by atoms with Gasteiger partial charge < -0.3 is 19.8 Å². The van der Waals surface area contributed by atoms with Gasteiger partial charge >= 0.3 is 0 Å². The first-order valence-electron chi connectivity index (χ1n) is 8.32. The quantitative estimate of drug-likeness (QED) is 0.422. The highest BCUT2D eigenvalue weighted by Crippen LogP contribution is 2.12. The highest BCUT2D eigenvalue weighted by molar-refractivity contribution is 6.65. The summed E-state index contributed by atoms with van der Waals surface area (Å²) in [7, 11) is 5.81. The maximum absolute atomic E-state index is 12.1. The molecule has 0 aliphatic carbocycles. The van der Waals surface area contributed by atoms with Crippen molar-refractivity contribution in [3.8, 4) is 0 Å². The van der Waals surface area contributed by atoms with Crippen molar-refractivity contribution < 1.29 is 29.3 Å². The minimum absolute atomic E-state index is 0.105. The molecule has 0 saturated heterocycles. The lowest BCUT2D eigenvalue weighted by Crippen LogP contribution is -2.74. The lowest BCUT2D eigenvalue weighted by molar-refractivity contribution is -0.742. The van der Waals surface area contributed by atoms with E-state index in [0.717, 1.165) is 0 Å². The molecule has 0 heterocycles. The predicted molar refractivity (Wildman–Crippen MR) is 105 cm³/mol. The van der Waals surface area contributed by atoms with Crippen molar-refractivity contribution in [3.05, 3.63) is 35.4 Å². The Morgan fingerprint density at radius 1 is 1.04 bits per heavy atom. The molecule has 1 amide bonds. The Hall–Kier alpha value is -3.43. The molecule has 0 fully saturated rings. The third kappa shape index (κ3) is 6.38. The molecule has 10 heteroatoms. The molecule has 0 atom stereocenters. The Kier molecular flexibility index (Phi) is 9.73. The van der Waals surface area contributed by atoms with Gasteiger partial charge in [0, 0.05) is 18.2 Å². The lowest BCUT2D eigenvalue weighted by Gasteiger charge is -2.10. The first-order chi connectivity index (χ1) is 13.5. The van der Waals surface area contributed by atoms with Crippen molar-refractivity contribution >= 4 is 28.8 Å². The van der Waals surface area contributed by atoms with Crippen LogP contribution in [0.2, 0.25) is 0 Å². The van der Waals surface area contributed by atoms with E-state index >= 15 is 0 Å². The summed E-state index contributed by atoms with van der Waals surface area (Å²) in [4.78, 5) is 32.1. The van der Waals surface area contributed by atoms with Crippen LogP contribution in [0.25, 0.3) is 0 Å². The minimum Gasteiger partial charge on any atom is -0.399 e. The Morgan fingerprint density at radius 2 is 1.68 bits per heavy atom. The number of likely N-dealkylation sites (N-methyl/N-ethyl adjacent to an activating group) is 1. The van der Waals surface area contributed by atoms with Gasteiger partial charge in [-0.05, 0) is 19.0 Å². The van der Waals surface area contributed by atoms with E-state index in [4.69, 9.17) is 19.4 Å². The Bertz CT molecular complexity index is 786. The Balaban J connectivity index is 3.06. The largest absolute Gasteiger partial charge is 0.399 e. The third-order valence-corrected chi connectivity index (χ3v) is 3.47. The summed E-state index contributed by atoms with van der Waals surface area (Å²) in [5.41, 5.74) is 2.96. The number of rotatable bonds is 10. The van der Waals surface area contributed by atoms with E-state index in [9.17, 15) is 4.79 Å². The third-order valence-electron chi connectivity index (χ3n) is 3.47. The van der Waals surface area contributed by atoms with Gasteiger partial charge in [0.05, 0.1) is 0 Å². The molecule has 0 aliphatic heterocycles. The average molecular weight is 392 g/mol. The number of hydrogen-bond acceptors (Lipinski definition) is 8. The van der Waals surface area contributed by atoms with Gasteiger partial charge in [0.15, 0.2) is 17.1 Å². The molecular weight excluding hydrogens is 366 g/mol. The van der Waals surface area contributed by atoms with Crippen molar-refractivity contribution in [3.63, 3.8) is 0 Å². The van der Waals surface area contributed by atoms with Crippen molar-refractivity contribution in [2.75, 3.05) is 28.4 Å². The van der Waals surface area contributed by atoms with Gasteiger partial charge in [0.1, 0.15) is 27.9 Å². The molecule has 0 unspecified atom stereocenters. The molecule has 1 rings (SSSR count). The number of carbonyl (C=O) groups excluding carboxylic acids is 1. The molecule has 1 aromatic rings. The van der Waals surface area contributed by atoms with Crippen LogP contribution in [-0.2, 0) is 30.8 Å². The van der Waals surface area contributed by atoms with E-state index in [-0.39, 0.29) is 18.2 Å². The summed E-state index contributed by atoms with van der Waals surface area (Å²) in [5.74, 6) is -0.375. The van der Waals surface area contributed by atoms with E-state index < -0.39 is 0 Å². The van der Waals surface area contributed by atoms with Gasteiger partial charge in [-0.15, -0.1) is 0 Å². The van der Waals surface area contributed by atoms with E-state index in [0.29, 0.717) is 28.3 Å². The van der Waals surface area contributed by atoms with Gasteiger partial charge in [0.25, 0.3) is 11.6 Å². The topological polar surface area (TPSA) is 117 Å². The van der Waals surface area contributed by atoms with Crippen LogP contribution in [0.15, 0.2) is 39.7 Å². The van der Waals surface area contributed by atoms with Crippen LogP contribution in [0.4, 0.5) is 0 Å². The molecule has 10 nitrogen and oxygen atoms in total. The normalized spacial score (nSPS) is 13.1. The number of amides is 1. The van der Waals surface area contributed by atoms with E-state index in [1.54, 1.807) is 26.0 Å². The SMILES string of the molecule is CNC(=O)/C(=N/OC)c1ccccc1CON=C(C)C(=[NH+]/OC)/C(C)=N/OC. The number of benzene rings is 1. The molecule has 0 radical (unpaired) electrons. The zero-order chi connectivity index (χ0) is 20.9. The molecule has 1 aromatic carbocycles. The number of carbonyl (C=O) groups is 1. The molecule has 0 aliphatic rings. The maximum atomic E-state index is 12.1. The van der Waals surface area contributed by atoms with E-state index in [2.05, 4.69) is 25.9 Å². The second-order valence-corrected chi connectivity index (χ2v) is 5.35. The minimum atomic E-state index is -0.375. The van der Waals surface area contributed by atoms with Crippen molar-refractivity contribution in [2.24, 2.45) is 15.5 Å². The summed E-state index contributed by atoms with van der Waals surface area (Å²) >= 11 is 0. The number of nitrogens with one attached hydrogen (secondary N) is 2. The summed E-state index contributed by atoms with van der Waals surface area (Å²) < 4.78 is 0. The van der Waals surface area contributed by atoms with Crippen LogP contribution >= 0.6 is 0 Å². The summed E-state index contributed by atoms with van der Waals surface area (Å²) in [6.45, 7) is 3.56. The molecule has 28 heavy (non-hydrogen) atoms. The van der Waals surface area contributed by atoms with Crippen LogP contribution in [0, 0.1) is 0 Å². The van der Waals surface area contributed by atoms with Crippen LogP contribution in [0.5, 0.6) is 0 Å². The monoisotopic (exact) mass is 392 g/mol. The van der Waals surface area contributed by atoms with Crippen LogP contribution in [0.3, 0.4) is 0 Å². The fourth-order valence-corrected chi connectivity index (χ4v) is 2.24. The van der Waals surface area contributed by atoms with E-state index in [1.165, 1.54) is 28.4 Å². The van der Waals surface area contributed by atoms with E-state index in [1.807, 2.05) is 12.1 Å². The van der Waals surface area contributed by atoms with Gasteiger partial charge in [0.2, 0.25) is 0 Å². The first kappa shape index (κ1) is 22.6. The first-order valence-corrected chi connectivity index (χ1v) is 8.32. The van der Waals surface area contributed by atoms with Gasteiger partial charge in [-0.3, -0.25) is 9.63 Å². The molecule has 0 saturated carbocycles. The smallest absolute Gasteiger partial charge is 0.296 e. The molecule has 2 N–H and O–H groups in total. The van der Waals surface area contributed by atoms with Gasteiger partial charge in [-0.25, -0.2) is 0 Å². The van der Waals surface area contributed by atoms with Gasteiger partial charge in [-0.1, -0.05) is 39.7 Å².